The maximum Gasteiger partial charge on any atom is 0.339 e. The van der Waals surface area contributed by atoms with E-state index in [4.69, 9.17) is 4.74 Å². The lowest BCUT2D eigenvalue weighted by molar-refractivity contribution is 0.0421. The summed E-state index contributed by atoms with van der Waals surface area (Å²) in [5.41, 5.74) is 1.05. The maximum atomic E-state index is 12.9. The number of rotatable bonds is 0. The number of fused-ring (bicyclic) bond motifs is 1. The van der Waals surface area contributed by atoms with Gasteiger partial charge in [-0.05, 0) is 19.1 Å². The number of carbonyl (C=O) groups excluding carboxylic acids is 1. The highest BCUT2D eigenvalue weighted by Gasteiger charge is 2.30. The first-order valence-electron chi connectivity index (χ1n) is 3.79. The summed E-state index contributed by atoms with van der Waals surface area (Å²) in [5.74, 6) is -0.889. The lowest BCUT2D eigenvalue weighted by Crippen LogP contribution is -1.94. The average molecular weight is 245 g/mol. The Balaban J connectivity index is 2.69. The topological polar surface area (TPSA) is 26.3 Å². The minimum atomic E-state index is -0.456. The molecule has 13 heavy (non-hydrogen) atoms. The van der Waals surface area contributed by atoms with E-state index in [9.17, 15) is 9.18 Å². The van der Waals surface area contributed by atoms with Crippen molar-refractivity contribution >= 4 is 21.9 Å². The third-order valence-electron chi connectivity index (χ3n) is 2.00. The van der Waals surface area contributed by atoms with Crippen LogP contribution in [0.2, 0.25) is 0 Å². The van der Waals surface area contributed by atoms with E-state index in [1.54, 1.807) is 6.92 Å². The molecule has 1 atom stereocenters. The molecule has 4 heteroatoms. The Morgan fingerprint density at radius 2 is 2.23 bits per heavy atom. The van der Waals surface area contributed by atoms with E-state index in [1.165, 1.54) is 12.1 Å². The zero-order chi connectivity index (χ0) is 9.59. The molecule has 1 aromatic rings. The van der Waals surface area contributed by atoms with E-state index in [0.717, 1.165) is 5.56 Å². The van der Waals surface area contributed by atoms with Gasteiger partial charge in [0.2, 0.25) is 0 Å². The molecule has 0 saturated carbocycles. The predicted octanol–water partition coefficient (Wildman–Crippen LogP) is 2.82. The first kappa shape index (κ1) is 8.69. The minimum absolute atomic E-state index is 0.294. The lowest BCUT2D eigenvalue weighted by Gasteiger charge is -2.04. The van der Waals surface area contributed by atoms with Crippen molar-refractivity contribution in [2.75, 3.05) is 0 Å². The molecule has 1 unspecified atom stereocenters. The van der Waals surface area contributed by atoms with Crippen LogP contribution in [0.5, 0.6) is 0 Å². The molecule has 1 aromatic carbocycles. The van der Waals surface area contributed by atoms with E-state index in [1.807, 2.05) is 0 Å². The molecule has 0 N–H and O–H groups in total. The summed E-state index contributed by atoms with van der Waals surface area (Å²) in [6.45, 7) is 1.76. The maximum absolute atomic E-state index is 12.9. The second-order valence-corrected chi connectivity index (χ2v) is 3.75. The van der Waals surface area contributed by atoms with Crippen LogP contribution in [0, 0.1) is 5.82 Å². The summed E-state index contributed by atoms with van der Waals surface area (Å²) < 4.78 is 18.4. The second kappa shape index (κ2) is 2.80. The highest BCUT2D eigenvalue weighted by molar-refractivity contribution is 9.10. The molecule has 1 aliphatic rings. The van der Waals surface area contributed by atoms with Crippen LogP contribution in [0.3, 0.4) is 0 Å². The normalized spacial score (nSPS) is 19.9. The van der Waals surface area contributed by atoms with Crippen LogP contribution < -0.4 is 0 Å². The zero-order valence-corrected chi connectivity index (χ0v) is 8.39. The third-order valence-corrected chi connectivity index (χ3v) is 2.66. The molecule has 68 valence electrons. The molecule has 0 aromatic heterocycles. The zero-order valence-electron chi connectivity index (χ0n) is 6.80. The van der Waals surface area contributed by atoms with Crippen LogP contribution in [-0.4, -0.2) is 5.97 Å². The second-order valence-electron chi connectivity index (χ2n) is 2.90. The number of esters is 1. The fourth-order valence-electron chi connectivity index (χ4n) is 1.45. The minimum Gasteiger partial charge on any atom is -0.454 e. The monoisotopic (exact) mass is 244 g/mol. The molecule has 0 spiro atoms. The standard InChI is InChI=1S/C9H6BrFO2/c1-4-8-6(9(12)13-4)2-5(11)3-7(8)10/h2-4H,1H3. The molecular weight excluding hydrogens is 239 g/mol. The highest BCUT2D eigenvalue weighted by Crippen LogP contribution is 2.36. The van der Waals surface area contributed by atoms with E-state index < -0.39 is 11.8 Å². The van der Waals surface area contributed by atoms with Crippen LogP contribution in [0.1, 0.15) is 28.9 Å². The van der Waals surface area contributed by atoms with Gasteiger partial charge in [0.05, 0.1) is 5.56 Å². The quantitative estimate of drug-likeness (QED) is 0.657. The number of halogens is 2. The van der Waals surface area contributed by atoms with Crippen molar-refractivity contribution in [1.29, 1.82) is 0 Å². The summed E-state index contributed by atoms with van der Waals surface area (Å²) in [6, 6.07) is 2.53. The molecule has 0 bridgehead atoms. The third kappa shape index (κ3) is 1.25. The van der Waals surface area contributed by atoms with Crippen molar-refractivity contribution in [2.24, 2.45) is 0 Å². The smallest absolute Gasteiger partial charge is 0.339 e. The Hall–Kier alpha value is -0.900. The summed E-state index contributed by atoms with van der Waals surface area (Å²) >= 11 is 3.19. The predicted molar refractivity (Wildman–Crippen MR) is 47.9 cm³/mol. The highest BCUT2D eigenvalue weighted by atomic mass is 79.9. The van der Waals surface area contributed by atoms with Crippen LogP contribution >= 0.6 is 15.9 Å². The first-order valence-corrected chi connectivity index (χ1v) is 4.59. The Morgan fingerprint density at radius 3 is 2.92 bits per heavy atom. The van der Waals surface area contributed by atoms with Gasteiger partial charge >= 0.3 is 5.97 Å². The fraction of sp³-hybridized carbons (Fsp3) is 0.222. The molecule has 1 heterocycles. The van der Waals surface area contributed by atoms with Gasteiger partial charge in [-0.25, -0.2) is 9.18 Å². The van der Waals surface area contributed by atoms with Gasteiger partial charge in [-0.2, -0.15) is 0 Å². The van der Waals surface area contributed by atoms with Gasteiger partial charge < -0.3 is 4.74 Å². The SMILES string of the molecule is CC1OC(=O)c2cc(F)cc(Br)c21. The number of carbonyl (C=O) groups is 1. The largest absolute Gasteiger partial charge is 0.454 e. The number of hydrogen-bond donors (Lipinski definition) is 0. The summed E-state index contributed by atoms with van der Waals surface area (Å²) in [6.07, 6.45) is -0.294. The Bertz CT molecular complexity index is 389. The molecule has 0 radical (unpaired) electrons. The molecule has 0 amide bonds. The van der Waals surface area contributed by atoms with Gasteiger partial charge in [0.15, 0.2) is 0 Å². The number of ether oxygens (including phenoxy) is 1. The van der Waals surface area contributed by atoms with E-state index in [0.29, 0.717) is 10.0 Å². The molecule has 1 aliphatic heterocycles. The van der Waals surface area contributed by atoms with E-state index >= 15 is 0 Å². The Labute approximate surface area is 82.8 Å². The molecule has 0 saturated heterocycles. The van der Waals surface area contributed by atoms with Crippen molar-refractivity contribution in [3.63, 3.8) is 0 Å². The fourth-order valence-corrected chi connectivity index (χ4v) is 2.20. The van der Waals surface area contributed by atoms with Crippen molar-refractivity contribution in [3.05, 3.63) is 33.5 Å². The van der Waals surface area contributed by atoms with Crippen LogP contribution in [-0.2, 0) is 4.74 Å². The van der Waals surface area contributed by atoms with Gasteiger partial charge in [-0.1, -0.05) is 15.9 Å². The van der Waals surface area contributed by atoms with Gasteiger partial charge in [-0.15, -0.1) is 0 Å². The first-order chi connectivity index (χ1) is 6.09. The van der Waals surface area contributed by atoms with Gasteiger partial charge in [0.1, 0.15) is 11.9 Å². The molecule has 2 nitrogen and oxygen atoms in total. The van der Waals surface area contributed by atoms with E-state index in [-0.39, 0.29) is 6.10 Å². The van der Waals surface area contributed by atoms with Gasteiger partial charge in [0.25, 0.3) is 0 Å². The van der Waals surface area contributed by atoms with E-state index in [2.05, 4.69) is 15.9 Å². The molecular formula is C9H6BrFO2. The van der Waals surface area contributed by atoms with Crippen molar-refractivity contribution < 1.29 is 13.9 Å². The lowest BCUT2D eigenvalue weighted by atomic mass is 10.1. The summed E-state index contributed by atoms with van der Waals surface area (Å²) in [5, 5.41) is 0. The Morgan fingerprint density at radius 1 is 1.54 bits per heavy atom. The number of cyclic esters (lactones) is 1. The van der Waals surface area contributed by atoms with Crippen molar-refractivity contribution in [1.82, 2.24) is 0 Å². The average Bonchev–Trinajstić information content (AvgIpc) is 2.27. The van der Waals surface area contributed by atoms with Crippen LogP contribution in [0.15, 0.2) is 16.6 Å². The summed E-state index contributed by atoms with van der Waals surface area (Å²) in [7, 11) is 0. The number of benzene rings is 1. The van der Waals surface area contributed by atoms with Gasteiger partial charge in [0, 0.05) is 10.0 Å². The molecule has 2 rings (SSSR count). The van der Waals surface area contributed by atoms with Crippen molar-refractivity contribution in [2.45, 2.75) is 13.0 Å². The molecule has 0 aliphatic carbocycles. The summed E-state index contributed by atoms with van der Waals surface area (Å²) in [4.78, 5) is 11.2. The number of hydrogen-bond acceptors (Lipinski definition) is 2. The molecule has 0 fully saturated rings. The van der Waals surface area contributed by atoms with Crippen LogP contribution in [0.4, 0.5) is 4.39 Å². The Kier molecular flexibility index (Phi) is 1.87. The van der Waals surface area contributed by atoms with Crippen molar-refractivity contribution in [3.8, 4) is 0 Å². The van der Waals surface area contributed by atoms with Crippen LogP contribution in [0.25, 0.3) is 0 Å². The van der Waals surface area contributed by atoms with Gasteiger partial charge in [-0.3, -0.25) is 0 Å².